The molecule has 3 aromatic rings. The van der Waals surface area contributed by atoms with Gasteiger partial charge >= 0.3 is 0 Å². The van der Waals surface area contributed by atoms with Gasteiger partial charge in [0.2, 0.25) is 5.91 Å². The molecule has 0 saturated heterocycles. The third-order valence-electron chi connectivity index (χ3n) is 4.17. The Hall–Kier alpha value is -2.34. The molecule has 130 valence electrons. The van der Waals surface area contributed by atoms with Crippen LogP contribution in [0, 0.1) is 0 Å². The van der Waals surface area contributed by atoms with Crippen molar-refractivity contribution in [3.63, 3.8) is 0 Å². The fourth-order valence-corrected chi connectivity index (χ4v) is 3.95. The van der Waals surface area contributed by atoms with Gasteiger partial charge in [0.15, 0.2) is 5.16 Å². The van der Waals surface area contributed by atoms with Crippen molar-refractivity contribution in [2.75, 3.05) is 14.1 Å². The zero-order valence-corrected chi connectivity index (χ0v) is 15.6. The van der Waals surface area contributed by atoms with Gasteiger partial charge in [0.1, 0.15) is 0 Å². The van der Waals surface area contributed by atoms with Gasteiger partial charge in [-0.1, -0.05) is 36.0 Å². The van der Waals surface area contributed by atoms with Crippen LogP contribution in [0.3, 0.4) is 0 Å². The number of nitrogens with zero attached hydrogens (tertiary/aromatic N) is 3. The maximum absolute atomic E-state index is 12.9. The van der Waals surface area contributed by atoms with E-state index in [1.165, 1.54) is 11.8 Å². The van der Waals surface area contributed by atoms with E-state index in [1.54, 1.807) is 23.6 Å². The SMILES string of the molecule is CCn1c(S[C@H](C)C(=O)N(C)C)nc2cc3ccccc3cc2c1=O. The minimum atomic E-state index is -0.308. The molecule has 0 aliphatic heterocycles. The van der Waals surface area contributed by atoms with E-state index >= 15 is 0 Å². The summed E-state index contributed by atoms with van der Waals surface area (Å²) in [6, 6.07) is 11.8. The Morgan fingerprint density at radius 2 is 1.88 bits per heavy atom. The van der Waals surface area contributed by atoms with Crippen LogP contribution < -0.4 is 5.56 Å². The Kier molecular flexibility index (Phi) is 4.81. The molecule has 0 spiro atoms. The molecule has 5 nitrogen and oxygen atoms in total. The molecule has 6 heteroatoms. The number of rotatable bonds is 4. The first-order valence-corrected chi connectivity index (χ1v) is 9.11. The Balaban J connectivity index is 2.16. The van der Waals surface area contributed by atoms with Crippen molar-refractivity contribution in [3.05, 3.63) is 46.8 Å². The van der Waals surface area contributed by atoms with Crippen molar-refractivity contribution in [3.8, 4) is 0 Å². The van der Waals surface area contributed by atoms with Gasteiger partial charge < -0.3 is 4.90 Å². The lowest BCUT2D eigenvalue weighted by molar-refractivity contribution is -0.127. The number of carbonyl (C=O) groups is 1. The van der Waals surface area contributed by atoms with Crippen LogP contribution in [-0.2, 0) is 11.3 Å². The Labute approximate surface area is 150 Å². The van der Waals surface area contributed by atoms with Crippen molar-refractivity contribution >= 4 is 39.3 Å². The summed E-state index contributed by atoms with van der Waals surface area (Å²) >= 11 is 1.33. The molecular weight excluding hydrogens is 334 g/mol. The van der Waals surface area contributed by atoms with Gasteiger partial charge in [-0.05, 0) is 36.8 Å². The summed E-state index contributed by atoms with van der Waals surface area (Å²) in [5.41, 5.74) is 0.602. The molecule has 0 N–H and O–H groups in total. The van der Waals surface area contributed by atoms with Gasteiger partial charge in [-0.3, -0.25) is 14.2 Å². The number of carbonyl (C=O) groups excluding carboxylic acids is 1. The average Bonchev–Trinajstić information content (AvgIpc) is 2.60. The summed E-state index contributed by atoms with van der Waals surface area (Å²) in [6.07, 6.45) is 0. The van der Waals surface area contributed by atoms with E-state index in [0.717, 1.165) is 10.8 Å². The molecule has 0 radical (unpaired) electrons. The van der Waals surface area contributed by atoms with E-state index < -0.39 is 0 Å². The number of benzene rings is 2. The third kappa shape index (κ3) is 3.26. The zero-order valence-electron chi connectivity index (χ0n) is 14.8. The second kappa shape index (κ2) is 6.88. The van der Waals surface area contributed by atoms with Gasteiger partial charge in [0.05, 0.1) is 16.2 Å². The fraction of sp³-hybridized carbons (Fsp3) is 0.316. The lowest BCUT2D eigenvalue weighted by Crippen LogP contribution is -2.31. The highest BCUT2D eigenvalue weighted by Gasteiger charge is 2.20. The number of hydrogen-bond donors (Lipinski definition) is 0. The molecule has 0 bridgehead atoms. The van der Waals surface area contributed by atoms with E-state index in [0.29, 0.717) is 22.6 Å². The maximum atomic E-state index is 12.9. The topological polar surface area (TPSA) is 55.2 Å². The largest absolute Gasteiger partial charge is 0.348 e. The quantitative estimate of drug-likeness (QED) is 0.410. The third-order valence-corrected chi connectivity index (χ3v) is 5.25. The smallest absolute Gasteiger partial charge is 0.262 e. The standard InChI is InChI=1S/C19H21N3O2S/c1-5-22-18(24)15-10-13-8-6-7-9-14(13)11-16(15)20-19(22)25-12(2)17(23)21(3)4/h6-12H,5H2,1-4H3/t12-/m1/s1. The number of fused-ring (bicyclic) bond motifs is 2. The van der Waals surface area contributed by atoms with E-state index in [1.807, 2.05) is 50.2 Å². The summed E-state index contributed by atoms with van der Waals surface area (Å²) in [5, 5.41) is 2.95. The van der Waals surface area contributed by atoms with Gasteiger partial charge in [0, 0.05) is 20.6 Å². The molecule has 1 atom stereocenters. The first-order chi connectivity index (χ1) is 11.9. The Morgan fingerprint density at radius 1 is 1.24 bits per heavy atom. The van der Waals surface area contributed by atoms with Crippen molar-refractivity contribution in [2.45, 2.75) is 30.8 Å². The van der Waals surface area contributed by atoms with Crippen molar-refractivity contribution in [2.24, 2.45) is 0 Å². The lowest BCUT2D eigenvalue weighted by atomic mass is 10.1. The summed E-state index contributed by atoms with van der Waals surface area (Å²) in [4.78, 5) is 31.3. The number of thioether (sulfide) groups is 1. The normalized spacial score (nSPS) is 12.5. The van der Waals surface area contributed by atoms with Crippen molar-refractivity contribution < 1.29 is 4.79 Å². The van der Waals surface area contributed by atoms with Crippen LogP contribution in [0.4, 0.5) is 0 Å². The molecular formula is C19H21N3O2S. The zero-order chi connectivity index (χ0) is 18.1. The molecule has 0 aliphatic carbocycles. The molecule has 2 aromatic carbocycles. The van der Waals surface area contributed by atoms with E-state index in [4.69, 9.17) is 4.98 Å². The summed E-state index contributed by atoms with van der Waals surface area (Å²) in [6.45, 7) is 4.27. The monoisotopic (exact) mass is 355 g/mol. The predicted molar refractivity (Wildman–Crippen MR) is 103 cm³/mol. The van der Waals surface area contributed by atoms with Crippen LogP contribution in [0.1, 0.15) is 13.8 Å². The minimum Gasteiger partial charge on any atom is -0.348 e. The second-order valence-electron chi connectivity index (χ2n) is 6.15. The summed E-state index contributed by atoms with van der Waals surface area (Å²) in [5.74, 6) is 0.000473. The van der Waals surface area contributed by atoms with Crippen LogP contribution >= 0.6 is 11.8 Å². The van der Waals surface area contributed by atoms with Crippen LogP contribution in [0.15, 0.2) is 46.3 Å². The molecule has 25 heavy (non-hydrogen) atoms. The minimum absolute atomic E-state index is 0.000473. The summed E-state index contributed by atoms with van der Waals surface area (Å²) in [7, 11) is 3.46. The maximum Gasteiger partial charge on any atom is 0.262 e. The first-order valence-electron chi connectivity index (χ1n) is 8.23. The average molecular weight is 355 g/mol. The number of hydrogen-bond acceptors (Lipinski definition) is 4. The molecule has 1 amide bonds. The van der Waals surface area contributed by atoms with E-state index in [2.05, 4.69) is 0 Å². The van der Waals surface area contributed by atoms with Gasteiger partial charge in [-0.25, -0.2) is 4.98 Å². The highest BCUT2D eigenvalue weighted by Crippen LogP contribution is 2.25. The number of amides is 1. The lowest BCUT2D eigenvalue weighted by Gasteiger charge is -2.18. The van der Waals surface area contributed by atoms with Gasteiger partial charge in [-0.2, -0.15) is 0 Å². The van der Waals surface area contributed by atoms with Crippen molar-refractivity contribution in [1.82, 2.24) is 14.5 Å². The van der Waals surface area contributed by atoms with E-state index in [-0.39, 0.29) is 16.7 Å². The predicted octanol–water partition coefficient (Wildman–Crippen LogP) is 3.14. The van der Waals surface area contributed by atoms with Gasteiger partial charge in [-0.15, -0.1) is 0 Å². The first kappa shape index (κ1) is 17.5. The fourth-order valence-electron chi connectivity index (χ4n) is 2.83. The number of aromatic nitrogens is 2. The van der Waals surface area contributed by atoms with E-state index in [9.17, 15) is 9.59 Å². The Bertz CT molecular complexity index is 1010. The molecule has 0 unspecified atom stereocenters. The van der Waals surface area contributed by atoms with Crippen molar-refractivity contribution in [1.29, 1.82) is 0 Å². The molecule has 3 rings (SSSR count). The molecule has 1 heterocycles. The Morgan fingerprint density at radius 3 is 2.48 bits per heavy atom. The van der Waals surface area contributed by atoms with Crippen LogP contribution in [-0.4, -0.2) is 39.7 Å². The van der Waals surface area contributed by atoms with Crippen LogP contribution in [0.5, 0.6) is 0 Å². The van der Waals surface area contributed by atoms with Crippen LogP contribution in [0.25, 0.3) is 21.7 Å². The highest BCUT2D eigenvalue weighted by atomic mass is 32.2. The molecule has 0 fully saturated rings. The molecule has 0 aliphatic rings. The second-order valence-corrected chi connectivity index (χ2v) is 7.46. The molecule has 0 saturated carbocycles. The summed E-state index contributed by atoms with van der Waals surface area (Å²) < 4.78 is 1.64. The highest BCUT2D eigenvalue weighted by molar-refractivity contribution is 8.00. The van der Waals surface area contributed by atoms with Gasteiger partial charge in [0.25, 0.3) is 5.56 Å². The van der Waals surface area contributed by atoms with Crippen LogP contribution in [0.2, 0.25) is 0 Å². The molecule has 1 aromatic heterocycles.